The van der Waals surface area contributed by atoms with Crippen molar-refractivity contribution in [2.45, 2.75) is 13.1 Å². The van der Waals surface area contributed by atoms with Crippen LogP contribution in [0, 0.1) is 0 Å². The van der Waals surface area contributed by atoms with Gasteiger partial charge in [0.15, 0.2) is 5.69 Å². The van der Waals surface area contributed by atoms with Gasteiger partial charge >= 0.3 is 5.97 Å². The summed E-state index contributed by atoms with van der Waals surface area (Å²) in [6, 6.07) is 8.98. The van der Waals surface area contributed by atoms with Crippen LogP contribution in [0.2, 0.25) is 0 Å². The summed E-state index contributed by atoms with van der Waals surface area (Å²) in [6.07, 6.45) is 1.77. The van der Waals surface area contributed by atoms with E-state index >= 15 is 0 Å². The van der Waals surface area contributed by atoms with Crippen LogP contribution >= 0.6 is 11.3 Å². The number of thiazole rings is 1. The molecule has 0 fully saturated rings. The summed E-state index contributed by atoms with van der Waals surface area (Å²) < 4.78 is 6.70. The molecule has 1 aliphatic rings. The lowest BCUT2D eigenvalue weighted by molar-refractivity contribution is 0.0672. The summed E-state index contributed by atoms with van der Waals surface area (Å²) >= 11 is 1.52. The minimum Gasteiger partial charge on any atom is -0.497 e. The van der Waals surface area contributed by atoms with Gasteiger partial charge in [-0.1, -0.05) is 12.1 Å². The Kier molecular flexibility index (Phi) is 4.36. The molecule has 0 aliphatic carbocycles. The lowest BCUT2D eigenvalue weighted by atomic mass is 10.2. The van der Waals surface area contributed by atoms with Crippen LogP contribution in [-0.4, -0.2) is 50.3 Å². The number of carboxylic acid groups (broad SMARTS) is 1. The molecule has 3 aromatic rings. The molecule has 27 heavy (non-hydrogen) atoms. The lowest BCUT2D eigenvalue weighted by Crippen LogP contribution is -2.39. The molecule has 138 valence electrons. The number of nitrogens with zero attached hydrogens (tertiary/aromatic N) is 4. The standard InChI is InChI=1S/C18H16N4O4S/c1-26-12-4-2-3-11(7-12)16-19-9-13(27-16)10-21-5-6-22-15(17(21)23)8-14(20-22)18(24)25/h2-4,7-9H,5-6,10H2,1H3,(H,24,25). The van der Waals surface area contributed by atoms with Crippen molar-refractivity contribution in [1.82, 2.24) is 19.7 Å². The van der Waals surface area contributed by atoms with Crippen molar-refractivity contribution >= 4 is 23.2 Å². The van der Waals surface area contributed by atoms with E-state index in [1.165, 1.54) is 22.1 Å². The first-order valence-corrected chi connectivity index (χ1v) is 9.06. The van der Waals surface area contributed by atoms with Gasteiger partial charge in [-0.2, -0.15) is 5.10 Å². The molecule has 1 amide bonds. The molecule has 3 heterocycles. The van der Waals surface area contributed by atoms with Gasteiger partial charge in [-0.3, -0.25) is 9.48 Å². The highest BCUT2D eigenvalue weighted by molar-refractivity contribution is 7.15. The number of hydrogen-bond donors (Lipinski definition) is 1. The molecule has 1 aliphatic heterocycles. The number of carbonyl (C=O) groups is 2. The molecule has 0 saturated heterocycles. The third-order valence-corrected chi connectivity index (χ3v) is 5.34. The summed E-state index contributed by atoms with van der Waals surface area (Å²) in [7, 11) is 1.62. The number of ether oxygens (including phenoxy) is 1. The molecule has 0 saturated carbocycles. The predicted molar refractivity (Wildman–Crippen MR) is 98.0 cm³/mol. The van der Waals surface area contributed by atoms with Crippen LogP contribution in [-0.2, 0) is 13.1 Å². The smallest absolute Gasteiger partial charge is 0.356 e. The second-order valence-electron chi connectivity index (χ2n) is 6.03. The van der Waals surface area contributed by atoms with Gasteiger partial charge < -0.3 is 14.7 Å². The maximum atomic E-state index is 12.7. The topological polar surface area (TPSA) is 97.6 Å². The van der Waals surface area contributed by atoms with Crippen LogP contribution in [0.15, 0.2) is 36.5 Å². The summed E-state index contributed by atoms with van der Waals surface area (Å²) in [5.41, 5.74) is 1.15. The van der Waals surface area contributed by atoms with E-state index in [1.54, 1.807) is 18.2 Å². The molecule has 9 heteroatoms. The molecule has 8 nitrogen and oxygen atoms in total. The zero-order valence-electron chi connectivity index (χ0n) is 14.5. The number of carboxylic acids is 1. The Morgan fingerprint density at radius 2 is 2.19 bits per heavy atom. The van der Waals surface area contributed by atoms with Crippen LogP contribution in [0.1, 0.15) is 25.9 Å². The van der Waals surface area contributed by atoms with Crippen molar-refractivity contribution in [1.29, 1.82) is 0 Å². The molecule has 0 bridgehead atoms. The van der Waals surface area contributed by atoms with Gasteiger partial charge in [-0.25, -0.2) is 9.78 Å². The summed E-state index contributed by atoms with van der Waals surface area (Å²) in [4.78, 5) is 30.8. The fraction of sp³-hybridized carbons (Fsp3) is 0.222. The lowest BCUT2D eigenvalue weighted by Gasteiger charge is -2.26. The minimum absolute atomic E-state index is 0.113. The molecule has 1 aromatic carbocycles. The zero-order chi connectivity index (χ0) is 19.0. The third kappa shape index (κ3) is 3.28. The fourth-order valence-electron chi connectivity index (χ4n) is 2.95. The van der Waals surface area contributed by atoms with Crippen molar-refractivity contribution in [2.24, 2.45) is 0 Å². The van der Waals surface area contributed by atoms with Crippen LogP contribution in [0.5, 0.6) is 5.75 Å². The van der Waals surface area contributed by atoms with E-state index in [1.807, 2.05) is 24.3 Å². The van der Waals surface area contributed by atoms with Gasteiger partial charge in [0.25, 0.3) is 5.91 Å². The number of methoxy groups -OCH3 is 1. The number of amides is 1. The van der Waals surface area contributed by atoms with Crippen LogP contribution < -0.4 is 4.74 Å². The molecule has 1 N–H and O–H groups in total. The Labute approximate surface area is 158 Å². The largest absolute Gasteiger partial charge is 0.497 e. The normalized spacial score (nSPS) is 13.5. The number of rotatable bonds is 5. The van der Waals surface area contributed by atoms with Gasteiger partial charge in [0.1, 0.15) is 16.5 Å². The monoisotopic (exact) mass is 384 g/mol. The van der Waals surface area contributed by atoms with Crippen LogP contribution in [0.4, 0.5) is 0 Å². The third-order valence-electron chi connectivity index (χ3n) is 4.30. The van der Waals surface area contributed by atoms with Crippen molar-refractivity contribution in [3.05, 3.63) is 52.8 Å². The Bertz CT molecular complexity index is 1030. The number of hydrogen-bond acceptors (Lipinski definition) is 6. The number of aromatic carboxylic acids is 1. The summed E-state index contributed by atoms with van der Waals surface area (Å²) in [5.74, 6) is -0.600. The van der Waals surface area contributed by atoms with E-state index < -0.39 is 5.97 Å². The maximum absolute atomic E-state index is 12.7. The molecule has 0 spiro atoms. The van der Waals surface area contributed by atoms with E-state index in [0.29, 0.717) is 25.3 Å². The van der Waals surface area contributed by atoms with E-state index in [9.17, 15) is 9.59 Å². The highest BCUT2D eigenvalue weighted by Gasteiger charge is 2.28. The molecule has 4 rings (SSSR count). The summed E-state index contributed by atoms with van der Waals surface area (Å²) in [6.45, 7) is 1.36. The van der Waals surface area contributed by atoms with Gasteiger partial charge in [0, 0.05) is 29.2 Å². The van der Waals surface area contributed by atoms with E-state index in [4.69, 9.17) is 9.84 Å². The highest BCUT2D eigenvalue weighted by atomic mass is 32.1. The number of aromatic nitrogens is 3. The van der Waals surface area contributed by atoms with E-state index in [0.717, 1.165) is 21.2 Å². The maximum Gasteiger partial charge on any atom is 0.356 e. The average Bonchev–Trinajstić information content (AvgIpc) is 3.32. The average molecular weight is 384 g/mol. The molecular weight excluding hydrogens is 368 g/mol. The number of fused-ring (bicyclic) bond motifs is 1. The van der Waals surface area contributed by atoms with Crippen molar-refractivity contribution in [3.8, 4) is 16.3 Å². The molecule has 0 atom stereocenters. The quantitative estimate of drug-likeness (QED) is 0.725. The van der Waals surface area contributed by atoms with Gasteiger partial charge in [0.05, 0.1) is 20.2 Å². The minimum atomic E-state index is -1.14. The summed E-state index contributed by atoms with van der Waals surface area (Å²) in [5, 5.41) is 13.9. The van der Waals surface area contributed by atoms with Gasteiger partial charge in [0.2, 0.25) is 0 Å². The first-order chi connectivity index (χ1) is 13.0. The molecular formula is C18H16N4O4S. The van der Waals surface area contributed by atoms with Crippen molar-refractivity contribution < 1.29 is 19.4 Å². The first kappa shape index (κ1) is 17.2. The van der Waals surface area contributed by atoms with Crippen molar-refractivity contribution in [3.63, 3.8) is 0 Å². The van der Waals surface area contributed by atoms with Gasteiger partial charge in [-0.05, 0) is 12.1 Å². The number of benzene rings is 1. The van der Waals surface area contributed by atoms with Crippen LogP contribution in [0.3, 0.4) is 0 Å². The second kappa shape index (κ2) is 6.84. The predicted octanol–water partition coefficient (Wildman–Crippen LogP) is 2.37. The van der Waals surface area contributed by atoms with Crippen molar-refractivity contribution in [2.75, 3.05) is 13.7 Å². The van der Waals surface area contributed by atoms with Crippen LogP contribution in [0.25, 0.3) is 10.6 Å². The first-order valence-electron chi connectivity index (χ1n) is 8.24. The Morgan fingerprint density at radius 3 is 2.96 bits per heavy atom. The molecule has 2 aromatic heterocycles. The van der Waals surface area contributed by atoms with E-state index in [2.05, 4.69) is 10.1 Å². The SMILES string of the molecule is COc1cccc(-c2ncc(CN3CCn4nc(C(=O)O)cc4C3=O)s2)c1. The highest BCUT2D eigenvalue weighted by Crippen LogP contribution is 2.29. The molecule has 0 unspecified atom stereocenters. The Hall–Kier alpha value is -3.20. The Balaban J connectivity index is 1.52. The zero-order valence-corrected chi connectivity index (χ0v) is 15.3. The number of carbonyl (C=O) groups excluding carboxylic acids is 1. The second-order valence-corrected chi connectivity index (χ2v) is 7.15. The van der Waals surface area contributed by atoms with E-state index in [-0.39, 0.29) is 11.6 Å². The fourth-order valence-corrected chi connectivity index (χ4v) is 3.88. The van der Waals surface area contributed by atoms with Gasteiger partial charge in [-0.15, -0.1) is 11.3 Å². The Morgan fingerprint density at radius 1 is 1.33 bits per heavy atom. The molecule has 0 radical (unpaired) electrons.